The van der Waals surface area contributed by atoms with Crippen LogP contribution in [0.2, 0.25) is 0 Å². The van der Waals surface area contributed by atoms with Crippen molar-refractivity contribution in [3.63, 3.8) is 0 Å². The molecular formula is C33H28O2. The zero-order valence-corrected chi connectivity index (χ0v) is 19.4. The van der Waals surface area contributed by atoms with E-state index >= 15 is 0 Å². The van der Waals surface area contributed by atoms with E-state index in [9.17, 15) is 10.2 Å². The van der Waals surface area contributed by atoms with E-state index in [-0.39, 0.29) is 0 Å². The van der Waals surface area contributed by atoms with Crippen LogP contribution in [-0.2, 0) is 11.2 Å². The third-order valence-electron chi connectivity index (χ3n) is 6.88. The molecule has 0 fully saturated rings. The van der Waals surface area contributed by atoms with Crippen LogP contribution in [0.5, 0.6) is 0 Å². The lowest BCUT2D eigenvalue weighted by Gasteiger charge is -2.50. The smallest absolute Gasteiger partial charge is 0.204 e. The van der Waals surface area contributed by atoms with Crippen molar-refractivity contribution in [2.45, 2.75) is 17.1 Å². The summed E-state index contributed by atoms with van der Waals surface area (Å²) in [6, 6.07) is 49.2. The van der Waals surface area contributed by atoms with Gasteiger partial charge in [0.1, 0.15) is 0 Å². The Labute approximate surface area is 206 Å². The zero-order valence-electron chi connectivity index (χ0n) is 19.4. The molecule has 5 aromatic carbocycles. The first kappa shape index (κ1) is 22.8. The molecule has 0 saturated heterocycles. The fourth-order valence-electron chi connectivity index (χ4n) is 5.39. The van der Waals surface area contributed by atoms with Crippen LogP contribution in [0.15, 0.2) is 152 Å². The van der Waals surface area contributed by atoms with E-state index in [1.807, 2.05) is 115 Å². The molecule has 0 aliphatic heterocycles. The summed E-state index contributed by atoms with van der Waals surface area (Å²) in [6.45, 7) is 0. The van der Waals surface area contributed by atoms with Crippen molar-refractivity contribution in [2.24, 2.45) is 0 Å². The predicted molar refractivity (Wildman–Crippen MR) is 141 cm³/mol. The Hall–Kier alpha value is -3.98. The summed E-state index contributed by atoms with van der Waals surface area (Å²) in [7, 11) is 0. The highest BCUT2D eigenvalue weighted by atomic mass is 16.5. The average Bonchev–Trinajstić information content (AvgIpc) is 2.94. The Morgan fingerprint density at radius 3 is 1.00 bits per heavy atom. The molecule has 0 atom stereocenters. The maximum absolute atomic E-state index is 12.5. The first-order chi connectivity index (χ1) is 17.2. The highest BCUT2D eigenvalue weighted by Crippen LogP contribution is 2.56. The summed E-state index contributed by atoms with van der Waals surface area (Å²) in [5.74, 6) is -2.67. The van der Waals surface area contributed by atoms with E-state index in [1.54, 1.807) is 12.1 Å². The molecule has 2 heteroatoms. The molecule has 0 aromatic heterocycles. The van der Waals surface area contributed by atoms with Gasteiger partial charge in [-0.1, -0.05) is 152 Å². The minimum atomic E-state index is -2.26. The van der Waals surface area contributed by atoms with Gasteiger partial charge in [-0.2, -0.15) is 0 Å². The molecule has 0 amide bonds. The monoisotopic (exact) mass is 456 g/mol. The van der Waals surface area contributed by atoms with Crippen molar-refractivity contribution in [1.82, 2.24) is 0 Å². The van der Waals surface area contributed by atoms with Crippen LogP contribution < -0.4 is 0 Å². The molecule has 0 radical (unpaired) electrons. The van der Waals surface area contributed by atoms with Gasteiger partial charge >= 0.3 is 0 Å². The molecule has 2 nitrogen and oxygen atoms in total. The second kappa shape index (κ2) is 9.71. The number of hydrogen-bond donors (Lipinski definition) is 2. The fourth-order valence-corrected chi connectivity index (χ4v) is 5.39. The maximum atomic E-state index is 12.5. The van der Waals surface area contributed by atoms with Gasteiger partial charge in [0.2, 0.25) is 5.79 Å². The van der Waals surface area contributed by atoms with Crippen LogP contribution >= 0.6 is 0 Å². The topological polar surface area (TPSA) is 40.5 Å². The summed E-state index contributed by atoms with van der Waals surface area (Å²) in [6.07, 6.45) is 0. The van der Waals surface area contributed by atoms with Crippen molar-refractivity contribution in [3.8, 4) is 0 Å². The summed E-state index contributed by atoms with van der Waals surface area (Å²) in [5.41, 5.74) is 2.78. The lowest BCUT2D eigenvalue weighted by atomic mass is 9.56. The highest BCUT2D eigenvalue weighted by molar-refractivity contribution is 5.54. The average molecular weight is 457 g/mol. The Morgan fingerprint density at radius 2 is 0.657 bits per heavy atom. The molecule has 0 unspecified atom stereocenters. The quantitative estimate of drug-likeness (QED) is 0.270. The Morgan fingerprint density at radius 1 is 0.371 bits per heavy atom. The van der Waals surface area contributed by atoms with Gasteiger partial charge < -0.3 is 10.2 Å². The summed E-state index contributed by atoms with van der Waals surface area (Å²) >= 11 is 0. The minimum absolute atomic E-state index is 0.412. The third-order valence-corrected chi connectivity index (χ3v) is 6.88. The second-order valence-corrected chi connectivity index (χ2v) is 8.83. The van der Waals surface area contributed by atoms with Gasteiger partial charge in [0.15, 0.2) is 0 Å². The van der Waals surface area contributed by atoms with E-state index in [2.05, 4.69) is 24.3 Å². The molecule has 172 valence electrons. The van der Waals surface area contributed by atoms with Gasteiger partial charge in [0.25, 0.3) is 0 Å². The van der Waals surface area contributed by atoms with Crippen molar-refractivity contribution < 1.29 is 10.2 Å². The molecule has 2 N–H and O–H groups in total. The largest absolute Gasteiger partial charge is 0.361 e. The van der Waals surface area contributed by atoms with Crippen LogP contribution in [-0.4, -0.2) is 10.2 Å². The van der Waals surface area contributed by atoms with Gasteiger partial charge in [-0.25, -0.2) is 0 Å². The summed E-state index contributed by atoms with van der Waals surface area (Å²) in [4.78, 5) is 0. The Balaban J connectivity index is 1.96. The lowest BCUT2D eigenvalue weighted by molar-refractivity contribution is -0.217. The fraction of sp³-hybridized carbons (Fsp3) is 0.0909. The molecular weight excluding hydrogens is 428 g/mol. The molecule has 0 aliphatic carbocycles. The van der Waals surface area contributed by atoms with Crippen LogP contribution in [0.25, 0.3) is 0 Å². The van der Waals surface area contributed by atoms with E-state index in [1.165, 1.54) is 0 Å². The molecule has 5 aromatic rings. The minimum Gasteiger partial charge on any atom is -0.361 e. The molecule has 5 rings (SSSR count). The second-order valence-electron chi connectivity index (χ2n) is 8.83. The number of hydrogen-bond acceptors (Lipinski definition) is 2. The van der Waals surface area contributed by atoms with Crippen molar-refractivity contribution in [2.75, 3.05) is 0 Å². The number of rotatable bonds is 7. The van der Waals surface area contributed by atoms with Crippen LogP contribution in [0.1, 0.15) is 33.7 Å². The molecule has 0 bridgehead atoms. The van der Waals surface area contributed by atoms with Gasteiger partial charge in [-0.05, 0) is 22.3 Å². The molecule has 0 heterocycles. The van der Waals surface area contributed by atoms with Crippen molar-refractivity contribution in [3.05, 3.63) is 179 Å². The maximum Gasteiger partial charge on any atom is 0.204 e. The molecule has 35 heavy (non-hydrogen) atoms. The molecule has 0 aliphatic rings. The van der Waals surface area contributed by atoms with E-state index in [0.717, 1.165) is 22.3 Å². The molecule has 0 spiro atoms. The first-order valence-electron chi connectivity index (χ1n) is 11.9. The third kappa shape index (κ3) is 3.97. The van der Waals surface area contributed by atoms with E-state index in [4.69, 9.17) is 0 Å². The summed E-state index contributed by atoms with van der Waals surface area (Å²) < 4.78 is 0. The van der Waals surface area contributed by atoms with Crippen molar-refractivity contribution in [1.29, 1.82) is 0 Å². The van der Waals surface area contributed by atoms with Gasteiger partial charge in [0, 0.05) is 11.5 Å². The lowest BCUT2D eigenvalue weighted by Crippen LogP contribution is -2.54. The van der Waals surface area contributed by atoms with Crippen molar-refractivity contribution >= 4 is 0 Å². The standard InChI is InChI=1S/C33H28O2/c34-33(35,30-24-14-5-15-25-30)32(28-20-10-3-11-21-28,29-22-12-4-13-23-29)31(26-16-6-1-7-17-26)27-18-8-2-9-19-27/h1-25,31,34-35H. The van der Waals surface area contributed by atoms with E-state index < -0.39 is 17.1 Å². The normalized spacial score (nSPS) is 12.0. The van der Waals surface area contributed by atoms with E-state index in [0.29, 0.717) is 5.56 Å². The van der Waals surface area contributed by atoms with Crippen LogP contribution in [0.4, 0.5) is 0 Å². The first-order valence-corrected chi connectivity index (χ1v) is 11.9. The van der Waals surface area contributed by atoms with Crippen LogP contribution in [0.3, 0.4) is 0 Å². The highest BCUT2D eigenvalue weighted by Gasteiger charge is 2.58. The SMILES string of the molecule is OC(O)(c1ccccc1)C(c1ccccc1)(c1ccccc1)C(c1ccccc1)c1ccccc1. The predicted octanol–water partition coefficient (Wildman–Crippen LogP) is 6.64. The van der Waals surface area contributed by atoms with Gasteiger partial charge in [0.05, 0.1) is 5.41 Å². The number of benzene rings is 5. The summed E-state index contributed by atoms with van der Waals surface area (Å²) in [5, 5.41) is 24.9. The number of aliphatic hydroxyl groups is 2. The molecule has 0 saturated carbocycles. The van der Waals surface area contributed by atoms with Crippen LogP contribution in [0, 0.1) is 0 Å². The Bertz CT molecular complexity index is 1250. The van der Waals surface area contributed by atoms with Gasteiger partial charge in [-0.15, -0.1) is 0 Å². The Kier molecular flexibility index (Phi) is 6.33. The zero-order chi connectivity index (χ0) is 24.1. The van der Waals surface area contributed by atoms with Gasteiger partial charge in [-0.3, -0.25) is 0 Å².